The fourth-order valence-corrected chi connectivity index (χ4v) is 6.75. The molecular formula is C31H59NO2. The van der Waals surface area contributed by atoms with Crippen LogP contribution < -0.4 is 0 Å². The Labute approximate surface area is 213 Å². The first-order chi connectivity index (χ1) is 15.2. The number of nitrogens with zero attached hydrogens (tertiary/aromatic N) is 1. The first-order valence-corrected chi connectivity index (χ1v) is 13.8. The van der Waals surface area contributed by atoms with E-state index < -0.39 is 0 Å². The lowest BCUT2D eigenvalue weighted by Crippen LogP contribution is -2.62. The maximum absolute atomic E-state index is 12.7. The Bertz CT molecular complexity index is 644. The van der Waals surface area contributed by atoms with Gasteiger partial charge in [-0.2, -0.15) is 0 Å². The van der Waals surface area contributed by atoms with E-state index in [0.717, 1.165) is 45.1 Å². The van der Waals surface area contributed by atoms with Crippen LogP contribution in [0.1, 0.15) is 134 Å². The van der Waals surface area contributed by atoms with Crippen LogP contribution in [0.15, 0.2) is 12.2 Å². The van der Waals surface area contributed by atoms with Gasteiger partial charge in [-0.05, 0) is 89.0 Å². The van der Waals surface area contributed by atoms with Crippen molar-refractivity contribution in [3.8, 4) is 0 Å². The minimum atomic E-state index is -0.0255. The molecule has 0 aromatic carbocycles. The second kappa shape index (κ2) is 11.9. The summed E-state index contributed by atoms with van der Waals surface area (Å²) in [4.78, 5) is 15.3. The highest BCUT2D eigenvalue weighted by atomic mass is 16.5. The van der Waals surface area contributed by atoms with Gasteiger partial charge in [-0.15, -0.1) is 0 Å². The van der Waals surface area contributed by atoms with Gasteiger partial charge in [-0.25, -0.2) is 0 Å². The van der Waals surface area contributed by atoms with Crippen LogP contribution in [0, 0.1) is 22.7 Å². The Morgan fingerprint density at radius 3 is 1.79 bits per heavy atom. The predicted octanol–water partition coefficient (Wildman–Crippen LogP) is 8.81. The normalized spacial score (nSPS) is 21.2. The SMILES string of the molecule is C=C(CCCN1C(C)(C)CC(OC(=O)CC(C)CC(C)(C)C)CC1(C)C)CC(C)CC(C)(C)C. The number of hydrogen-bond acceptors (Lipinski definition) is 3. The molecule has 2 atom stereocenters. The van der Waals surface area contributed by atoms with Crippen LogP contribution in [0.3, 0.4) is 0 Å². The molecule has 1 fully saturated rings. The predicted molar refractivity (Wildman–Crippen MR) is 148 cm³/mol. The summed E-state index contributed by atoms with van der Waals surface area (Å²) < 4.78 is 6.04. The molecule has 200 valence electrons. The molecule has 3 nitrogen and oxygen atoms in total. The second-order valence-electron chi connectivity index (χ2n) is 15.3. The van der Waals surface area contributed by atoms with E-state index in [9.17, 15) is 4.79 Å². The molecule has 0 radical (unpaired) electrons. The lowest BCUT2D eigenvalue weighted by atomic mass is 9.77. The zero-order valence-electron chi connectivity index (χ0n) is 25.1. The van der Waals surface area contributed by atoms with E-state index in [-0.39, 0.29) is 28.6 Å². The molecule has 0 bridgehead atoms. The molecule has 0 N–H and O–H groups in total. The first kappa shape index (κ1) is 31.2. The van der Waals surface area contributed by atoms with E-state index in [1.807, 2.05) is 0 Å². The molecule has 0 amide bonds. The van der Waals surface area contributed by atoms with Crippen LogP contribution in [-0.2, 0) is 9.53 Å². The van der Waals surface area contributed by atoms with Crippen LogP contribution in [0.4, 0.5) is 0 Å². The summed E-state index contributed by atoms with van der Waals surface area (Å²) in [5.74, 6) is 1.02. The van der Waals surface area contributed by atoms with Gasteiger partial charge in [0.15, 0.2) is 0 Å². The standard InChI is InChI=1S/C31H59NO2/c1-23(17-24(2)19-28(4,5)6)15-14-16-32-30(10,11)21-26(22-31(32,12)13)34-27(33)18-25(3)20-29(7,8)9/h24-26H,1,14-22H2,2-13H3. The summed E-state index contributed by atoms with van der Waals surface area (Å²) >= 11 is 0. The highest BCUT2D eigenvalue weighted by Gasteiger charge is 2.46. The summed E-state index contributed by atoms with van der Waals surface area (Å²) in [5, 5.41) is 0. The van der Waals surface area contributed by atoms with E-state index in [1.54, 1.807) is 0 Å². The van der Waals surface area contributed by atoms with Gasteiger partial charge in [0.2, 0.25) is 0 Å². The van der Waals surface area contributed by atoms with E-state index in [2.05, 4.69) is 94.6 Å². The lowest BCUT2D eigenvalue weighted by molar-refractivity contribution is -0.161. The number of rotatable bonds is 11. The average Bonchev–Trinajstić information content (AvgIpc) is 2.52. The molecule has 1 saturated heterocycles. The Morgan fingerprint density at radius 1 is 0.912 bits per heavy atom. The molecule has 2 unspecified atom stereocenters. The Kier molecular flexibility index (Phi) is 11.0. The molecule has 0 aromatic heterocycles. The maximum Gasteiger partial charge on any atom is 0.306 e. The average molecular weight is 478 g/mol. The number of piperidine rings is 1. The van der Waals surface area contributed by atoms with Crippen molar-refractivity contribution in [2.24, 2.45) is 22.7 Å². The summed E-state index contributed by atoms with van der Waals surface area (Å²) in [6.07, 6.45) is 7.99. The van der Waals surface area contributed by atoms with Crippen LogP contribution in [0.2, 0.25) is 0 Å². The van der Waals surface area contributed by atoms with Gasteiger partial charge in [0, 0.05) is 30.3 Å². The van der Waals surface area contributed by atoms with Crippen molar-refractivity contribution in [3.05, 3.63) is 12.2 Å². The van der Waals surface area contributed by atoms with Crippen molar-refractivity contribution in [2.45, 2.75) is 152 Å². The second-order valence-corrected chi connectivity index (χ2v) is 15.3. The third-order valence-electron chi connectivity index (χ3n) is 7.20. The molecule has 3 heteroatoms. The smallest absolute Gasteiger partial charge is 0.306 e. The quantitative estimate of drug-likeness (QED) is 0.220. The number of likely N-dealkylation sites (tertiary alicyclic amines) is 1. The third-order valence-corrected chi connectivity index (χ3v) is 7.20. The van der Waals surface area contributed by atoms with E-state index >= 15 is 0 Å². The molecule has 34 heavy (non-hydrogen) atoms. The summed E-state index contributed by atoms with van der Waals surface area (Å²) in [7, 11) is 0. The number of carbonyl (C=O) groups excluding carboxylic acids is 1. The van der Waals surface area contributed by atoms with Crippen molar-refractivity contribution < 1.29 is 9.53 Å². The number of ether oxygens (including phenoxy) is 1. The van der Waals surface area contributed by atoms with Gasteiger partial charge in [0.1, 0.15) is 6.10 Å². The zero-order chi connectivity index (χ0) is 26.5. The number of allylic oxidation sites excluding steroid dienone is 1. The topological polar surface area (TPSA) is 29.5 Å². The largest absolute Gasteiger partial charge is 0.462 e. The van der Waals surface area contributed by atoms with Crippen molar-refractivity contribution >= 4 is 5.97 Å². The minimum Gasteiger partial charge on any atom is -0.462 e. The Morgan fingerprint density at radius 2 is 1.35 bits per heavy atom. The number of carbonyl (C=O) groups is 1. The molecule has 1 aliphatic rings. The monoisotopic (exact) mass is 477 g/mol. The van der Waals surface area contributed by atoms with Crippen molar-refractivity contribution in [1.82, 2.24) is 4.90 Å². The molecule has 1 heterocycles. The fourth-order valence-electron chi connectivity index (χ4n) is 6.75. The van der Waals surface area contributed by atoms with Crippen LogP contribution >= 0.6 is 0 Å². The summed E-state index contributed by atoms with van der Waals surface area (Å²) in [6.45, 7) is 32.9. The maximum atomic E-state index is 12.7. The third kappa shape index (κ3) is 11.7. The summed E-state index contributed by atoms with van der Waals surface area (Å²) in [6, 6.07) is 0. The fraction of sp³-hybridized carbons (Fsp3) is 0.903. The Hall–Kier alpha value is -0.830. The van der Waals surface area contributed by atoms with E-state index in [1.165, 1.54) is 12.0 Å². The number of hydrogen-bond donors (Lipinski definition) is 0. The minimum absolute atomic E-state index is 0.00352. The van der Waals surface area contributed by atoms with Crippen LogP contribution in [0.5, 0.6) is 0 Å². The van der Waals surface area contributed by atoms with E-state index in [4.69, 9.17) is 4.74 Å². The van der Waals surface area contributed by atoms with Gasteiger partial charge >= 0.3 is 5.97 Å². The molecule has 0 saturated carbocycles. The molecule has 1 aliphatic heterocycles. The number of esters is 1. The van der Waals surface area contributed by atoms with Gasteiger partial charge < -0.3 is 4.74 Å². The molecular weight excluding hydrogens is 418 g/mol. The van der Waals surface area contributed by atoms with Gasteiger partial charge in [0.05, 0.1) is 0 Å². The molecule has 0 aliphatic carbocycles. The zero-order valence-corrected chi connectivity index (χ0v) is 25.1. The van der Waals surface area contributed by atoms with Crippen molar-refractivity contribution in [2.75, 3.05) is 6.54 Å². The van der Waals surface area contributed by atoms with E-state index in [0.29, 0.717) is 23.7 Å². The van der Waals surface area contributed by atoms with Crippen molar-refractivity contribution in [3.63, 3.8) is 0 Å². The molecule has 0 aromatic rings. The Balaban J connectivity index is 2.59. The van der Waals surface area contributed by atoms with Gasteiger partial charge in [-0.3, -0.25) is 9.69 Å². The van der Waals surface area contributed by atoms with Crippen LogP contribution in [-0.4, -0.2) is 34.6 Å². The van der Waals surface area contributed by atoms with Crippen molar-refractivity contribution in [1.29, 1.82) is 0 Å². The summed E-state index contributed by atoms with van der Waals surface area (Å²) in [5.41, 5.74) is 2.02. The first-order valence-electron chi connectivity index (χ1n) is 13.8. The van der Waals surface area contributed by atoms with Gasteiger partial charge in [0.25, 0.3) is 0 Å². The highest BCUT2D eigenvalue weighted by Crippen LogP contribution is 2.40. The van der Waals surface area contributed by atoms with Crippen LogP contribution in [0.25, 0.3) is 0 Å². The highest BCUT2D eigenvalue weighted by molar-refractivity contribution is 5.69. The molecule has 1 rings (SSSR count). The lowest BCUT2D eigenvalue weighted by Gasteiger charge is -2.55. The van der Waals surface area contributed by atoms with Gasteiger partial charge in [-0.1, -0.05) is 67.5 Å². The molecule has 0 spiro atoms.